The van der Waals surface area contributed by atoms with Crippen LogP contribution in [0, 0.1) is 0 Å². The van der Waals surface area contributed by atoms with Crippen LogP contribution in [0.3, 0.4) is 0 Å². The van der Waals surface area contributed by atoms with E-state index in [2.05, 4.69) is 41.7 Å². The van der Waals surface area contributed by atoms with Crippen LogP contribution >= 0.6 is 15.9 Å². The zero-order valence-corrected chi connectivity index (χ0v) is 10.9. The van der Waals surface area contributed by atoms with Crippen LogP contribution < -0.4 is 0 Å². The predicted octanol–water partition coefficient (Wildman–Crippen LogP) is 1.32. The Balaban J connectivity index is 2.62. The molecule has 1 amide bonds. The van der Waals surface area contributed by atoms with Gasteiger partial charge < -0.3 is 4.90 Å². The molecule has 1 aliphatic heterocycles. The van der Waals surface area contributed by atoms with Gasteiger partial charge >= 0.3 is 0 Å². The molecule has 0 radical (unpaired) electrons. The van der Waals surface area contributed by atoms with Gasteiger partial charge in [-0.1, -0.05) is 15.9 Å². The van der Waals surface area contributed by atoms with Gasteiger partial charge in [0.1, 0.15) is 0 Å². The number of halogens is 1. The van der Waals surface area contributed by atoms with Crippen LogP contribution in [0.4, 0.5) is 0 Å². The molecule has 0 aliphatic carbocycles. The Morgan fingerprint density at radius 2 is 1.79 bits per heavy atom. The third kappa shape index (κ3) is 2.48. The number of alkyl halides is 1. The topological polar surface area (TPSA) is 23.6 Å². The Kier molecular flexibility index (Phi) is 3.95. The minimum atomic E-state index is -0.0645. The Hall–Kier alpha value is -0.0900. The minimum absolute atomic E-state index is 0.0645. The summed E-state index contributed by atoms with van der Waals surface area (Å²) in [5.74, 6) is 0.205. The van der Waals surface area contributed by atoms with Crippen molar-refractivity contribution in [1.29, 1.82) is 0 Å². The summed E-state index contributed by atoms with van der Waals surface area (Å²) >= 11 is 3.33. The molecule has 1 saturated heterocycles. The molecule has 82 valence electrons. The van der Waals surface area contributed by atoms with Crippen LogP contribution in [0.1, 0.15) is 20.8 Å². The highest BCUT2D eigenvalue weighted by Crippen LogP contribution is 2.15. The third-order valence-electron chi connectivity index (χ3n) is 3.01. The summed E-state index contributed by atoms with van der Waals surface area (Å²) in [4.78, 5) is 16.0. The van der Waals surface area contributed by atoms with Gasteiger partial charge in [0.2, 0.25) is 5.91 Å². The van der Waals surface area contributed by atoms with Crippen LogP contribution in [0.2, 0.25) is 0 Å². The van der Waals surface area contributed by atoms with Gasteiger partial charge in [-0.05, 0) is 27.8 Å². The summed E-state index contributed by atoms with van der Waals surface area (Å²) < 4.78 is 0. The number of likely N-dealkylation sites (N-methyl/N-ethyl adjacent to an activating group) is 1. The second-order valence-electron chi connectivity index (χ2n) is 4.22. The van der Waals surface area contributed by atoms with E-state index >= 15 is 0 Å². The van der Waals surface area contributed by atoms with Gasteiger partial charge in [0.25, 0.3) is 0 Å². The van der Waals surface area contributed by atoms with Gasteiger partial charge in [-0.15, -0.1) is 0 Å². The van der Waals surface area contributed by atoms with Crippen LogP contribution in [0.5, 0.6) is 0 Å². The molecule has 0 aromatic rings. The molecule has 3 nitrogen and oxygen atoms in total. The number of carbonyl (C=O) groups is 1. The van der Waals surface area contributed by atoms with Gasteiger partial charge in [-0.25, -0.2) is 0 Å². The quantitative estimate of drug-likeness (QED) is 0.666. The molecule has 0 bridgehead atoms. The summed E-state index contributed by atoms with van der Waals surface area (Å²) in [7, 11) is 2.12. The van der Waals surface area contributed by atoms with Crippen molar-refractivity contribution in [3.8, 4) is 0 Å². The Morgan fingerprint density at radius 1 is 1.36 bits per heavy atom. The van der Waals surface area contributed by atoms with Crippen molar-refractivity contribution in [2.24, 2.45) is 0 Å². The molecule has 1 aliphatic rings. The van der Waals surface area contributed by atoms with E-state index in [1.807, 2.05) is 11.8 Å². The average Bonchev–Trinajstić information content (AvgIpc) is 2.12. The minimum Gasteiger partial charge on any atom is -0.339 e. The van der Waals surface area contributed by atoms with E-state index in [1.54, 1.807) is 0 Å². The highest BCUT2D eigenvalue weighted by Gasteiger charge is 2.30. The van der Waals surface area contributed by atoms with E-state index in [0.717, 1.165) is 13.1 Å². The summed E-state index contributed by atoms with van der Waals surface area (Å²) in [6.07, 6.45) is 0. The summed E-state index contributed by atoms with van der Waals surface area (Å²) in [5, 5.41) is 0. The molecule has 3 unspecified atom stereocenters. The van der Waals surface area contributed by atoms with E-state index in [9.17, 15) is 4.79 Å². The average molecular weight is 263 g/mol. The monoisotopic (exact) mass is 262 g/mol. The molecule has 3 atom stereocenters. The van der Waals surface area contributed by atoms with E-state index in [0.29, 0.717) is 12.1 Å². The van der Waals surface area contributed by atoms with Gasteiger partial charge in [-0.3, -0.25) is 9.69 Å². The Morgan fingerprint density at radius 3 is 2.14 bits per heavy atom. The van der Waals surface area contributed by atoms with Gasteiger partial charge in [0.15, 0.2) is 0 Å². The second kappa shape index (κ2) is 4.62. The first-order valence-electron chi connectivity index (χ1n) is 5.08. The first-order valence-corrected chi connectivity index (χ1v) is 5.99. The first-order chi connectivity index (χ1) is 6.43. The number of hydrogen-bond acceptors (Lipinski definition) is 2. The van der Waals surface area contributed by atoms with Crippen molar-refractivity contribution >= 4 is 21.8 Å². The van der Waals surface area contributed by atoms with E-state index in [-0.39, 0.29) is 10.7 Å². The number of piperazine rings is 1. The van der Waals surface area contributed by atoms with E-state index in [4.69, 9.17) is 0 Å². The largest absolute Gasteiger partial charge is 0.339 e. The first kappa shape index (κ1) is 12.0. The van der Waals surface area contributed by atoms with Crippen LogP contribution in [-0.2, 0) is 4.79 Å². The molecule has 0 N–H and O–H groups in total. The molecule has 1 rings (SSSR count). The molecule has 0 saturated carbocycles. The molecule has 4 heteroatoms. The van der Waals surface area contributed by atoms with E-state index in [1.165, 1.54) is 0 Å². The second-order valence-corrected chi connectivity index (χ2v) is 5.60. The normalized spacial score (nSPS) is 31.6. The maximum atomic E-state index is 11.8. The fraction of sp³-hybridized carbons (Fsp3) is 0.900. The fourth-order valence-corrected chi connectivity index (χ4v) is 2.13. The lowest BCUT2D eigenvalue weighted by molar-refractivity contribution is -0.134. The summed E-state index contributed by atoms with van der Waals surface area (Å²) in [5.41, 5.74) is 0. The predicted molar refractivity (Wildman–Crippen MR) is 61.7 cm³/mol. The summed E-state index contributed by atoms with van der Waals surface area (Å²) in [6, 6.07) is 0.905. The zero-order chi connectivity index (χ0) is 10.9. The third-order valence-corrected chi connectivity index (χ3v) is 3.40. The van der Waals surface area contributed by atoms with Crippen LogP contribution in [0.15, 0.2) is 0 Å². The maximum Gasteiger partial charge on any atom is 0.236 e. The standard InChI is InChI=1S/C10H19BrN2O/c1-7-5-13(10(14)9(3)11)6-8(2)12(7)4/h7-9H,5-6H2,1-4H3. The van der Waals surface area contributed by atoms with Gasteiger partial charge in [-0.2, -0.15) is 0 Å². The molecule has 1 heterocycles. The fourth-order valence-electron chi connectivity index (χ4n) is 1.84. The number of hydrogen-bond donors (Lipinski definition) is 0. The lowest BCUT2D eigenvalue weighted by Crippen LogP contribution is -2.57. The smallest absolute Gasteiger partial charge is 0.236 e. The van der Waals surface area contributed by atoms with Crippen molar-refractivity contribution in [1.82, 2.24) is 9.80 Å². The number of carbonyl (C=O) groups excluding carboxylic acids is 1. The molecule has 0 aromatic heterocycles. The Labute approximate surface area is 94.6 Å². The van der Waals surface area contributed by atoms with Crippen molar-refractivity contribution < 1.29 is 4.79 Å². The van der Waals surface area contributed by atoms with Crippen LogP contribution in [-0.4, -0.2) is 52.8 Å². The highest BCUT2D eigenvalue weighted by molar-refractivity contribution is 9.10. The maximum absolute atomic E-state index is 11.8. The van der Waals surface area contributed by atoms with Crippen molar-refractivity contribution in [2.45, 2.75) is 37.7 Å². The molecule has 14 heavy (non-hydrogen) atoms. The van der Waals surface area contributed by atoms with Crippen LogP contribution in [0.25, 0.3) is 0 Å². The SMILES string of the molecule is CC(Br)C(=O)N1CC(C)N(C)C(C)C1. The molecule has 0 spiro atoms. The van der Waals surface area contributed by atoms with Gasteiger partial charge in [0, 0.05) is 25.2 Å². The summed E-state index contributed by atoms with van der Waals surface area (Å²) in [6.45, 7) is 7.89. The van der Waals surface area contributed by atoms with Crippen molar-refractivity contribution in [3.05, 3.63) is 0 Å². The molecule has 1 fully saturated rings. The number of amides is 1. The Bertz CT molecular complexity index is 208. The van der Waals surface area contributed by atoms with Gasteiger partial charge in [0.05, 0.1) is 4.83 Å². The lowest BCUT2D eigenvalue weighted by atomic mass is 10.1. The number of nitrogens with zero attached hydrogens (tertiary/aromatic N) is 2. The van der Waals surface area contributed by atoms with E-state index < -0.39 is 0 Å². The molecular formula is C10H19BrN2O. The molecule has 0 aromatic carbocycles. The lowest BCUT2D eigenvalue weighted by Gasteiger charge is -2.42. The number of rotatable bonds is 1. The molecular weight excluding hydrogens is 244 g/mol. The van der Waals surface area contributed by atoms with Crippen molar-refractivity contribution in [3.63, 3.8) is 0 Å². The van der Waals surface area contributed by atoms with Crippen molar-refractivity contribution in [2.75, 3.05) is 20.1 Å². The highest BCUT2D eigenvalue weighted by atomic mass is 79.9. The zero-order valence-electron chi connectivity index (χ0n) is 9.33.